The molecule has 1 saturated heterocycles. The Morgan fingerprint density at radius 1 is 1.15 bits per heavy atom. The highest BCUT2D eigenvalue weighted by Crippen LogP contribution is 2.30. The molecule has 1 aliphatic rings. The van der Waals surface area contributed by atoms with E-state index in [-0.39, 0.29) is 6.04 Å². The van der Waals surface area contributed by atoms with Crippen LogP contribution < -0.4 is 5.32 Å². The summed E-state index contributed by atoms with van der Waals surface area (Å²) in [6, 6.07) is 6.03. The summed E-state index contributed by atoms with van der Waals surface area (Å²) in [5.41, 5.74) is 3.88. The normalized spacial score (nSPS) is 15.1. The Morgan fingerprint density at radius 2 is 1.97 bits per heavy atom. The maximum Gasteiger partial charge on any atom is 0.164 e. The Morgan fingerprint density at radius 3 is 2.71 bits per heavy atom. The highest BCUT2D eigenvalue weighted by Gasteiger charge is 2.23. The van der Waals surface area contributed by atoms with Crippen molar-refractivity contribution in [3.05, 3.63) is 48.2 Å². The van der Waals surface area contributed by atoms with Gasteiger partial charge < -0.3 is 5.32 Å². The minimum atomic E-state index is 0.207. The average Bonchev–Trinajstić information content (AvgIpc) is 3.51. The number of aromatic nitrogens is 7. The van der Waals surface area contributed by atoms with Gasteiger partial charge in [0.1, 0.15) is 11.8 Å². The van der Waals surface area contributed by atoms with Gasteiger partial charge in [-0.2, -0.15) is 15.0 Å². The zero-order valence-corrected chi connectivity index (χ0v) is 20.2. The van der Waals surface area contributed by atoms with Crippen LogP contribution in [0.2, 0.25) is 0 Å². The maximum absolute atomic E-state index is 9.13. The molecule has 1 aliphatic heterocycles. The van der Waals surface area contributed by atoms with Crippen molar-refractivity contribution in [1.29, 1.82) is 5.26 Å². The summed E-state index contributed by atoms with van der Waals surface area (Å²) >= 11 is 1.80. The van der Waals surface area contributed by atoms with Crippen molar-refractivity contribution in [2.45, 2.75) is 38.6 Å². The van der Waals surface area contributed by atoms with Crippen LogP contribution in [0.3, 0.4) is 0 Å². The maximum atomic E-state index is 9.13. The van der Waals surface area contributed by atoms with Crippen LogP contribution in [0.4, 0.5) is 5.69 Å². The van der Waals surface area contributed by atoms with Crippen molar-refractivity contribution in [1.82, 2.24) is 39.0 Å². The monoisotopic (exact) mass is 474 g/mol. The Labute approximate surface area is 202 Å². The molecule has 5 heterocycles. The van der Waals surface area contributed by atoms with Crippen LogP contribution in [-0.4, -0.2) is 64.4 Å². The molecule has 0 aliphatic carbocycles. The number of nitriles is 1. The van der Waals surface area contributed by atoms with Gasteiger partial charge in [0.2, 0.25) is 0 Å². The predicted molar refractivity (Wildman–Crippen MR) is 132 cm³/mol. The molecule has 5 rings (SSSR count). The standard InChI is InChI=1S/C23H26N10S/c1-15(2)28-19-9-22(33-23-18(12-27-33)8-16(10-24)11-26-23)25-13-21(19)32-14-20(29-30-32)17-4-6-31(34-3)7-5-17/h8-9,11-15,17H,4-7H2,1-3H3,(H,25,28). The minimum absolute atomic E-state index is 0.207. The van der Waals surface area contributed by atoms with Crippen LogP contribution in [0.5, 0.6) is 0 Å². The molecule has 11 heteroatoms. The van der Waals surface area contributed by atoms with Gasteiger partial charge in [0.05, 0.1) is 35.5 Å². The first-order valence-electron chi connectivity index (χ1n) is 11.3. The molecule has 0 amide bonds. The summed E-state index contributed by atoms with van der Waals surface area (Å²) in [7, 11) is 0. The van der Waals surface area contributed by atoms with E-state index in [0.717, 1.165) is 48.4 Å². The third-order valence-electron chi connectivity index (χ3n) is 5.96. The van der Waals surface area contributed by atoms with Crippen molar-refractivity contribution in [2.75, 3.05) is 24.7 Å². The van der Waals surface area contributed by atoms with Gasteiger partial charge in [0, 0.05) is 42.7 Å². The smallest absolute Gasteiger partial charge is 0.164 e. The summed E-state index contributed by atoms with van der Waals surface area (Å²) in [6.07, 6.45) is 11.3. The third-order valence-corrected chi connectivity index (χ3v) is 6.84. The number of nitrogens with one attached hydrogen (secondary N) is 1. The number of rotatable bonds is 6. The first-order chi connectivity index (χ1) is 16.6. The van der Waals surface area contributed by atoms with Gasteiger partial charge in [-0.25, -0.2) is 14.6 Å². The predicted octanol–water partition coefficient (Wildman–Crippen LogP) is 3.55. The fraction of sp³-hybridized carbons (Fsp3) is 0.391. The lowest BCUT2D eigenvalue weighted by Crippen LogP contribution is -2.27. The van der Waals surface area contributed by atoms with Crippen molar-refractivity contribution < 1.29 is 0 Å². The Hall–Kier alpha value is -3.49. The molecule has 1 fully saturated rings. The molecule has 34 heavy (non-hydrogen) atoms. The van der Waals surface area contributed by atoms with E-state index in [1.807, 2.05) is 12.3 Å². The first kappa shape index (κ1) is 22.3. The molecule has 174 valence electrons. The van der Waals surface area contributed by atoms with Crippen LogP contribution >= 0.6 is 11.9 Å². The van der Waals surface area contributed by atoms with Gasteiger partial charge in [-0.05, 0) is 39.0 Å². The molecule has 0 spiro atoms. The second-order valence-electron chi connectivity index (χ2n) is 8.64. The first-order valence-corrected chi connectivity index (χ1v) is 12.5. The fourth-order valence-corrected chi connectivity index (χ4v) is 4.80. The third kappa shape index (κ3) is 4.34. The van der Waals surface area contributed by atoms with Crippen molar-refractivity contribution in [3.63, 3.8) is 0 Å². The number of pyridine rings is 2. The van der Waals surface area contributed by atoms with Crippen LogP contribution in [0.15, 0.2) is 36.9 Å². The van der Waals surface area contributed by atoms with E-state index in [1.54, 1.807) is 46.0 Å². The molecule has 10 nitrogen and oxygen atoms in total. The van der Waals surface area contributed by atoms with Gasteiger partial charge in [-0.1, -0.05) is 17.2 Å². The van der Waals surface area contributed by atoms with Crippen LogP contribution in [0.1, 0.15) is 43.9 Å². The molecule has 0 atom stereocenters. The van der Waals surface area contributed by atoms with Gasteiger partial charge >= 0.3 is 0 Å². The number of fused-ring (bicyclic) bond motifs is 1. The Bertz CT molecular complexity index is 1340. The summed E-state index contributed by atoms with van der Waals surface area (Å²) in [5.74, 6) is 1.05. The number of piperidine rings is 1. The van der Waals surface area contributed by atoms with Gasteiger partial charge in [-0.15, -0.1) is 5.10 Å². The van der Waals surface area contributed by atoms with E-state index in [1.165, 1.54) is 0 Å². The number of hydrogen-bond donors (Lipinski definition) is 1. The second-order valence-corrected chi connectivity index (χ2v) is 9.52. The van der Waals surface area contributed by atoms with Crippen molar-refractivity contribution in [3.8, 4) is 17.6 Å². The molecule has 4 aromatic rings. The van der Waals surface area contributed by atoms with E-state index < -0.39 is 0 Å². The highest BCUT2D eigenvalue weighted by atomic mass is 32.2. The van der Waals surface area contributed by atoms with E-state index in [0.29, 0.717) is 22.9 Å². The average molecular weight is 475 g/mol. The van der Waals surface area contributed by atoms with Crippen molar-refractivity contribution in [2.24, 2.45) is 0 Å². The zero-order chi connectivity index (χ0) is 23.7. The van der Waals surface area contributed by atoms with E-state index >= 15 is 0 Å². The van der Waals surface area contributed by atoms with E-state index in [2.05, 4.69) is 61.2 Å². The molecule has 0 radical (unpaired) electrons. The van der Waals surface area contributed by atoms with Gasteiger partial charge in [0.25, 0.3) is 0 Å². The topological polar surface area (TPSA) is 113 Å². The van der Waals surface area contributed by atoms with Gasteiger partial charge in [0.15, 0.2) is 11.5 Å². The summed E-state index contributed by atoms with van der Waals surface area (Å²) < 4.78 is 5.87. The Balaban J connectivity index is 1.48. The number of hydrogen-bond acceptors (Lipinski definition) is 9. The molecular weight excluding hydrogens is 448 g/mol. The van der Waals surface area contributed by atoms with Crippen LogP contribution in [0.25, 0.3) is 22.5 Å². The quantitative estimate of drug-likeness (QED) is 0.419. The molecule has 0 saturated carbocycles. The number of anilines is 1. The zero-order valence-electron chi connectivity index (χ0n) is 19.4. The van der Waals surface area contributed by atoms with Crippen molar-refractivity contribution >= 4 is 28.7 Å². The minimum Gasteiger partial charge on any atom is -0.381 e. The lowest BCUT2D eigenvalue weighted by molar-refractivity contribution is 0.343. The summed E-state index contributed by atoms with van der Waals surface area (Å²) in [6.45, 7) is 6.31. The molecule has 1 N–H and O–H groups in total. The number of nitrogens with zero attached hydrogens (tertiary/aromatic N) is 9. The molecule has 0 bridgehead atoms. The van der Waals surface area contributed by atoms with Gasteiger partial charge in [-0.3, -0.25) is 4.31 Å². The molecule has 0 unspecified atom stereocenters. The Kier molecular flexibility index (Phi) is 6.17. The lowest BCUT2D eigenvalue weighted by Gasteiger charge is -2.28. The highest BCUT2D eigenvalue weighted by molar-refractivity contribution is 7.96. The fourth-order valence-electron chi connectivity index (χ4n) is 4.23. The summed E-state index contributed by atoms with van der Waals surface area (Å²) in [4.78, 5) is 9.07. The summed E-state index contributed by atoms with van der Waals surface area (Å²) in [5, 5.41) is 26.8. The SMILES string of the molecule is CSN1CCC(c2cn(-c3cnc(-n4ncc5cc(C#N)cnc54)cc3NC(C)C)nn2)CC1. The lowest BCUT2D eigenvalue weighted by atomic mass is 9.95. The molecule has 0 aromatic carbocycles. The van der Waals surface area contributed by atoms with Crippen LogP contribution in [-0.2, 0) is 0 Å². The van der Waals surface area contributed by atoms with Crippen LogP contribution in [0, 0.1) is 11.3 Å². The largest absolute Gasteiger partial charge is 0.381 e. The molecular formula is C23H26N10S. The van der Waals surface area contributed by atoms with E-state index in [9.17, 15) is 0 Å². The second kappa shape index (κ2) is 9.40. The van der Waals surface area contributed by atoms with E-state index in [4.69, 9.17) is 5.26 Å². The molecule has 4 aromatic heterocycles.